The van der Waals surface area contributed by atoms with E-state index in [0.29, 0.717) is 0 Å². The molecular formula is C26H30N4O2. The Kier molecular flexibility index (Phi) is 6.40. The van der Waals surface area contributed by atoms with Crippen LogP contribution >= 0.6 is 0 Å². The van der Waals surface area contributed by atoms with Crippen molar-refractivity contribution in [3.8, 4) is 17.0 Å². The second kappa shape index (κ2) is 9.39. The Hall–Kier alpha value is -3.41. The van der Waals surface area contributed by atoms with Gasteiger partial charge in [-0.1, -0.05) is 17.7 Å². The molecule has 1 fully saturated rings. The third-order valence-electron chi connectivity index (χ3n) is 6.15. The molecule has 1 aliphatic heterocycles. The maximum absolute atomic E-state index is 12.9. The van der Waals surface area contributed by atoms with Crippen molar-refractivity contribution in [1.29, 1.82) is 0 Å². The minimum absolute atomic E-state index is 0.0119. The summed E-state index contributed by atoms with van der Waals surface area (Å²) in [6.45, 7) is 7.76. The van der Waals surface area contributed by atoms with E-state index in [1.165, 1.54) is 5.56 Å². The van der Waals surface area contributed by atoms with Gasteiger partial charge >= 0.3 is 0 Å². The Balaban J connectivity index is 1.35. The van der Waals surface area contributed by atoms with Gasteiger partial charge in [0.2, 0.25) is 5.91 Å². The summed E-state index contributed by atoms with van der Waals surface area (Å²) < 4.78 is 5.21. The van der Waals surface area contributed by atoms with E-state index in [-0.39, 0.29) is 11.8 Å². The van der Waals surface area contributed by atoms with Crippen molar-refractivity contribution in [1.82, 2.24) is 10.2 Å². The Morgan fingerprint density at radius 2 is 1.62 bits per heavy atom. The van der Waals surface area contributed by atoms with E-state index in [1.807, 2.05) is 50.2 Å². The second-order valence-corrected chi connectivity index (χ2v) is 8.53. The predicted molar refractivity (Wildman–Crippen MR) is 128 cm³/mol. The van der Waals surface area contributed by atoms with Crippen LogP contribution in [0.25, 0.3) is 11.3 Å². The first-order valence-electron chi connectivity index (χ1n) is 11.1. The summed E-state index contributed by atoms with van der Waals surface area (Å²) in [6.07, 6.45) is 1.61. The summed E-state index contributed by atoms with van der Waals surface area (Å²) in [5.41, 5.74) is 6.21. The molecule has 1 aromatic heterocycles. The highest BCUT2D eigenvalue weighted by Crippen LogP contribution is 2.27. The maximum Gasteiger partial charge on any atom is 0.227 e. The maximum atomic E-state index is 12.9. The fourth-order valence-electron chi connectivity index (χ4n) is 4.38. The van der Waals surface area contributed by atoms with Gasteiger partial charge in [0.1, 0.15) is 5.75 Å². The van der Waals surface area contributed by atoms with Crippen LogP contribution in [0.2, 0.25) is 0 Å². The lowest BCUT2D eigenvalue weighted by Crippen LogP contribution is -2.38. The zero-order chi connectivity index (χ0) is 22.7. The largest absolute Gasteiger partial charge is 0.497 e. The quantitative estimate of drug-likeness (QED) is 0.621. The first-order valence-corrected chi connectivity index (χ1v) is 11.1. The van der Waals surface area contributed by atoms with Crippen LogP contribution in [0.1, 0.15) is 29.5 Å². The van der Waals surface area contributed by atoms with Crippen LogP contribution < -0.4 is 15.0 Å². The highest BCUT2D eigenvalue weighted by Gasteiger charge is 2.26. The number of hydrogen-bond donors (Lipinski definition) is 1. The molecule has 1 N–H and O–H groups in total. The van der Waals surface area contributed by atoms with Gasteiger partial charge in [0, 0.05) is 30.3 Å². The van der Waals surface area contributed by atoms with Crippen LogP contribution in [0.4, 0.5) is 11.5 Å². The molecule has 0 atom stereocenters. The molecule has 2 aromatic carbocycles. The lowest BCUT2D eigenvalue weighted by molar-refractivity contribution is -0.120. The molecule has 6 heteroatoms. The van der Waals surface area contributed by atoms with E-state index in [0.717, 1.165) is 65.6 Å². The number of anilines is 2. The summed E-state index contributed by atoms with van der Waals surface area (Å²) in [5.74, 6) is 1.79. The fraction of sp³-hybridized carbons (Fsp3) is 0.346. The third kappa shape index (κ3) is 4.74. The topological polar surface area (TPSA) is 67.3 Å². The van der Waals surface area contributed by atoms with E-state index in [1.54, 1.807) is 7.11 Å². The van der Waals surface area contributed by atoms with Gasteiger partial charge in [-0.2, -0.15) is 0 Å². The number of aryl methyl sites for hydroxylation is 3. The highest BCUT2D eigenvalue weighted by molar-refractivity contribution is 5.94. The van der Waals surface area contributed by atoms with Crippen LogP contribution in [-0.2, 0) is 4.79 Å². The molecule has 0 bridgehead atoms. The number of carbonyl (C=O) groups is 1. The number of rotatable bonds is 5. The summed E-state index contributed by atoms with van der Waals surface area (Å²) in [7, 11) is 1.65. The first kappa shape index (κ1) is 21.8. The molecule has 3 aromatic rings. The number of methoxy groups -OCH3 is 1. The average molecular weight is 431 g/mol. The molecular weight excluding hydrogens is 400 g/mol. The van der Waals surface area contributed by atoms with Gasteiger partial charge in [0.15, 0.2) is 5.82 Å². The van der Waals surface area contributed by atoms with Gasteiger partial charge in [-0.15, -0.1) is 10.2 Å². The van der Waals surface area contributed by atoms with E-state index in [2.05, 4.69) is 39.5 Å². The van der Waals surface area contributed by atoms with Crippen molar-refractivity contribution in [2.45, 2.75) is 33.6 Å². The zero-order valence-corrected chi connectivity index (χ0v) is 19.2. The number of nitrogens with zero attached hydrogens (tertiary/aromatic N) is 3. The van der Waals surface area contributed by atoms with Gasteiger partial charge in [-0.05, 0) is 81.1 Å². The monoisotopic (exact) mass is 430 g/mol. The molecule has 0 saturated carbocycles. The van der Waals surface area contributed by atoms with Crippen molar-refractivity contribution in [2.75, 3.05) is 30.4 Å². The van der Waals surface area contributed by atoms with Crippen molar-refractivity contribution in [3.05, 3.63) is 65.2 Å². The van der Waals surface area contributed by atoms with Crippen LogP contribution in [0.5, 0.6) is 5.75 Å². The lowest BCUT2D eigenvalue weighted by atomic mass is 9.95. The van der Waals surface area contributed by atoms with Crippen LogP contribution in [-0.4, -0.2) is 36.3 Å². The Morgan fingerprint density at radius 1 is 0.969 bits per heavy atom. The number of piperidine rings is 1. The molecule has 4 rings (SSSR count). The Labute approximate surface area is 189 Å². The summed E-state index contributed by atoms with van der Waals surface area (Å²) in [4.78, 5) is 15.1. The number of ether oxygens (including phenoxy) is 1. The molecule has 0 spiro atoms. The number of hydrogen-bond acceptors (Lipinski definition) is 5. The zero-order valence-electron chi connectivity index (χ0n) is 19.2. The van der Waals surface area contributed by atoms with Crippen molar-refractivity contribution >= 4 is 17.4 Å². The smallest absolute Gasteiger partial charge is 0.227 e. The van der Waals surface area contributed by atoms with Crippen LogP contribution in [0.3, 0.4) is 0 Å². The molecule has 6 nitrogen and oxygen atoms in total. The SMILES string of the molecule is COc1ccc(-c2ccc(N3CCC(C(=O)Nc4c(C)cc(C)cc4C)CC3)nn2)cc1. The second-order valence-electron chi connectivity index (χ2n) is 8.53. The van der Waals surface area contributed by atoms with E-state index < -0.39 is 0 Å². The average Bonchev–Trinajstić information content (AvgIpc) is 2.81. The summed E-state index contributed by atoms with van der Waals surface area (Å²) in [5, 5.41) is 12.0. The Morgan fingerprint density at radius 3 is 2.19 bits per heavy atom. The lowest BCUT2D eigenvalue weighted by Gasteiger charge is -2.32. The number of carbonyl (C=O) groups excluding carboxylic acids is 1. The molecule has 0 unspecified atom stereocenters. The van der Waals surface area contributed by atoms with Gasteiger partial charge in [-0.3, -0.25) is 4.79 Å². The van der Waals surface area contributed by atoms with Crippen LogP contribution in [0.15, 0.2) is 48.5 Å². The molecule has 0 aliphatic carbocycles. The van der Waals surface area contributed by atoms with Gasteiger partial charge in [0.25, 0.3) is 0 Å². The number of benzene rings is 2. The number of amides is 1. The van der Waals surface area contributed by atoms with Crippen molar-refractivity contribution in [3.63, 3.8) is 0 Å². The molecule has 0 radical (unpaired) electrons. The minimum atomic E-state index is 0.0119. The summed E-state index contributed by atoms with van der Waals surface area (Å²) in [6, 6.07) is 16.0. The van der Waals surface area contributed by atoms with Gasteiger partial charge in [-0.25, -0.2) is 0 Å². The molecule has 1 saturated heterocycles. The van der Waals surface area contributed by atoms with Crippen molar-refractivity contribution < 1.29 is 9.53 Å². The van der Waals surface area contributed by atoms with Crippen LogP contribution in [0, 0.1) is 26.7 Å². The highest BCUT2D eigenvalue weighted by atomic mass is 16.5. The van der Waals surface area contributed by atoms with E-state index >= 15 is 0 Å². The minimum Gasteiger partial charge on any atom is -0.497 e. The number of nitrogens with one attached hydrogen (secondary N) is 1. The third-order valence-corrected chi connectivity index (χ3v) is 6.15. The van der Waals surface area contributed by atoms with Crippen molar-refractivity contribution in [2.24, 2.45) is 5.92 Å². The van der Waals surface area contributed by atoms with E-state index in [4.69, 9.17) is 4.74 Å². The summed E-state index contributed by atoms with van der Waals surface area (Å²) >= 11 is 0. The number of aromatic nitrogens is 2. The first-order chi connectivity index (χ1) is 15.4. The predicted octanol–water partition coefficient (Wildman–Crippen LogP) is 4.93. The molecule has 166 valence electrons. The fourth-order valence-corrected chi connectivity index (χ4v) is 4.38. The molecule has 32 heavy (non-hydrogen) atoms. The molecule has 1 aliphatic rings. The molecule has 1 amide bonds. The standard InChI is InChI=1S/C26H30N4O2/c1-17-15-18(2)25(19(3)16-17)27-26(31)21-11-13-30(14-12-21)24-10-9-23(28-29-24)20-5-7-22(32-4)8-6-20/h5-10,15-16,21H,11-14H2,1-4H3,(H,27,31). The normalized spacial score (nSPS) is 14.3. The van der Waals surface area contributed by atoms with Gasteiger partial charge in [0.05, 0.1) is 12.8 Å². The molecule has 2 heterocycles. The van der Waals surface area contributed by atoms with Gasteiger partial charge < -0.3 is 15.0 Å². The van der Waals surface area contributed by atoms with E-state index in [9.17, 15) is 4.79 Å². The Bertz CT molecular complexity index is 1060.